The predicted octanol–water partition coefficient (Wildman–Crippen LogP) is 5.19. The molecule has 0 amide bonds. The molecule has 3 atom stereocenters. The first-order valence-electron chi connectivity index (χ1n) is 12.5. The minimum absolute atomic E-state index is 0.0578. The fraction of sp³-hybridized carbons (Fsp3) is 0.267. The summed E-state index contributed by atoms with van der Waals surface area (Å²) in [6, 6.07) is 16.4. The number of aromatic nitrogens is 5. The molecular weight excluding hydrogens is 460 g/mol. The summed E-state index contributed by atoms with van der Waals surface area (Å²) in [6.45, 7) is 6.04. The number of rotatable bonds is 3. The van der Waals surface area contributed by atoms with Crippen LogP contribution in [0.2, 0.25) is 0 Å². The fourth-order valence-electron chi connectivity index (χ4n) is 6.19. The molecule has 0 spiro atoms. The summed E-state index contributed by atoms with van der Waals surface area (Å²) in [4.78, 5) is 17.2. The molecule has 0 saturated heterocycles. The van der Waals surface area contributed by atoms with Crippen LogP contribution >= 0.6 is 0 Å². The number of hydrogen-bond acceptors (Lipinski definition) is 6. The van der Waals surface area contributed by atoms with Crippen LogP contribution in [0.1, 0.15) is 37.2 Å². The number of fused-ring (bicyclic) bond motifs is 3. The van der Waals surface area contributed by atoms with Gasteiger partial charge in [-0.25, -0.2) is 4.68 Å². The van der Waals surface area contributed by atoms with Crippen molar-refractivity contribution >= 4 is 5.78 Å². The van der Waals surface area contributed by atoms with E-state index in [-0.39, 0.29) is 23.2 Å². The molecular formula is C30H26N6O. The molecule has 0 N–H and O–H groups in total. The lowest BCUT2D eigenvalue weighted by atomic mass is 9.57. The van der Waals surface area contributed by atoms with E-state index in [9.17, 15) is 10.1 Å². The summed E-state index contributed by atoms with van der Waals surface area (Å²) >= 11 is 0. The van der Waals surface area contributed by atoms with Gasteiger partial charge in [0.15, 0.2) is 5.78 Å². The number of allylic oxidation sites excluding steroid dienone is 2. The summed E-state index contributed by atoms with van der Waals surface area (Å²) in [5, 5.41) is 23.1. The van der Waals surface area contributed by atoms with Gasteiger partial charge in [-0.1, -0.05) is 32.1 Å². The molecule has 3 aromatic heterocycles. The fourth-order valence-corrected chi connectivity index (χ4v) is 6.19. The molecule has 1 aromatic carbocycles. The Hall–Kier alpha value is -4.44. The lowest BCUT2D eigenvalue weighted by Gasteiger charge is -2.45. The zero-order chi connectivity index (χ0) is 25.7. The number of Topliss-reactive ketones (excluding diaryl/α,β-unsaturated/α-hetero) is 1. The van der Waals surface area contributed by atoms with Crippen LogP contribution in [0, 0.1) is 30.1 Å². The lowest BCUT2D eigenvalue weighted by molar-refractivity contribution is -0.121. The minimum atomic E-state index is -0.510. The number of nitrogens with zero attached hydrogens (tertiary/aromatic N) is 6. The van der Waals surface area contributed by atoms with Gasteiger partial charge in [0, 0.05) is 40.4 Å². The number of benzene rings is 1. The molecule has 3 heterocycles. The van der Waals surface area contributed by atoms with Crippen LogP contribution in [0.5, 0.6) is 0 Å². The van der Waals surface area contributed by atoms with Gasteiger partial charge in [0.25, 0.3) is 0 Å². The van der Waals surface area contributed by atoms with Gasteiger partial charge in [-0.2, -0.15) is 20.6 Å². The molecule has 0 fully saturated rings. The summed E-state index contributed by atoms with van der Waals surface area (Å²) in [7, 11) is 0. The molecule has 4 aromatic rings. The maximum Gasteiger partial charge on any atom is 0.176 e. The van der Waals surface area contributed by atoms with Crippen LogP contribution < -0.4 is 0 Å². The Bertz CT molecular complexity index is 1600. The maximum absolute atomic E-state index is 12.9. The standard InChI is InChI=1S/C30H26N6O/c1-18-13-22(17-33-34-18)20-6-8-24(9-7-20)36-29-25(27(35-36)21-5-4-12-32-16-21)10-11-26-19(2)28(37)23(15-31)14-30(26,29)3/h4-9,12-14,16-17,19,26H,10-11H2,1-3H3/t19-,26-,30-/m1/s1. The van der Waals surface area contributed by atoms with Crippen molar-refractivity contribution in [3.63, 3.8) is 0 Å². The second-order valence-electron chi connectivity index (χ2n) is 10.2. The molecule has 6 rings (SSSR count). The van der Waals surface area contributed by atoms with Crippen LogP contribution in [0.15, 0.2) is 72.7 Å². The predicted molar refractivity (Wildman–Crippen MR) is 140 cm³/mol. The topological polar surface area (TPSA) is 97.3 Å². The molecule has 0 saturated carbocycles. The van der Waals surface area contributed by atoms with Crippen molar-refractivity contribution in [3.8, 4) is 34.1 Å². The van der Waals surface area contributed by atoms with Gasteiger partial charge >= 0.3 is 0 Å². The van der Waals surface area contributed by atoms with Crippen molar-refractivity contribution in [2.24, 2.45) is 11.8 Å². The van der Waals surface area contributed by atoms with Crippen molar-refractivity contribution in [2.45, 2.75) is 39.0 Å². The Morgan fingerprint density at radius 1 is 1.11 bits per heavy atom. The molecule has 7 nitrogen and oxygen atoms in total. The maximum atomic E-state index is 12.9. The Morgan fingerprint density at radius 2 is 1.92 bits per heavy atom. The second-order valence-corrected chi connectivity index (χ2v) is 10.2. The first-order valence-corrected chi connectivity index (χ1v) is 12.5. The number of ketones is 1. The number of aryl methyl sites for hydroxylation is 1. The van der Waals surface area contributed by atoms with E-state index in [1.54, 1.807) is 12.4 Å². The number of pyridine rings is 1. The highest BCUT2D eigenvalue weighted by atomic mass is 16.1. The first-order chi connectivity index (χ1) is 17.9. The SMILES string of the molecule is Cc1cc(-c2ccc(-n3nc(-c4cccnc4)c4c3[C@]3(C)C=C(C#N)C(=O)[C@H](C)[C@H]3CC4)cc2)cnn1. The number of nitriles is 1. The molecule has 0 bridgehead atoms. The highest BCUT2D eigenvalue weighted by Gasteiger charge is 2.50. The van der Waals surface area contributed by atoms with E-state index in [0.29, 0.717) is 0 Å². The molecule has 37 heavy (non-hydrogen) atoms. The van der Waals surface area contributed by atoms with E-state index in [2.05, 4.69) is 52.4 Å². The van der Waals surface area contributed by atoms with Crippen LogP contribution in [0.25, 0.3) is 28.1 Å². The third-order valence-corrected chi connectivity index (χ3v) is 7.97. The van der Waals surface area contributed by atoms with Gasteiger partial charge in [-0.15, -0.1) is 0 Å². The molecule has 0 aliphatic heterocycles. The van der Waals surface area contributed by atoms with Gasteiger partial charge in [-0.3, -0.25) is 9.78 Å². The van der Waals surface area contributed by atoms with E-state index in [1.165, 1.54) is 0 Å². The van der Waals surface area contributed by atoms with E-state index in [1.807, 2.05) is 49.0 Å². The molecule has 2 aliphatic carbocycles. The zero-order valence-electron chi connectivity index (χ0n) is 21.0. The molecule has 182 valence electrons. The number of carbonyl (C=O) groups excluding carboxylic acids is 1. The normalized spacial score (nSPS) is 22.5. The summed E-state index contributed by atoms with van der Waals surface area (Å²) in [5.41, 5.74) is 7.62. The van der Waals surface area contributed by atoms with Crippen molar-refractivity contribution in [3.05, 3.63) is 89.7 Å². The molecule has 2 aliphatic rings. The largest absolute Gasteiger partial charge is 0.293 e. The van der Waals surface area contributed by atoms with Crippen molar-refractivity contribution in [2.75, 3.05) is 0 Å². The molecule has 0 radical (unpaired) electrons. The highest BCUT2D eigenvalue weighted by molar-refractivity contribution is 6.02. The monoisotopic (exact) mass is 486 g/mol. The van der Waals surface area contributed by atoms with Crippen molar-refractivity contribution in [1.82, 2.24) is 25.0 Å². The Balaban J connectivity index is 1.56. The third kappa shape index (κ3) is 3.60. The second kappa shape index (κ2) is 8.59. The van der Waals surface area contributed by atoms with Gasteiger partial charge < -0.3 is 0 Å². The van der Waals surface area contributed by atoms with Crippen molar-refractivity contribution < 1.29 is 4.79 Å². The van der Waals surface area contributed by atoms with Crippen LogP contribution in [0.3, 0.4) is 0 Å². The zero-order valence-corrected chi connectivity index (χ0v) is 21.0. The molecule has 7 heteroatoms. The first kappa shape index (κ1) is 23.0. The van der Waals surface area contributed by atoms with Crippen LogP contribution in [0.4, 0.5) is 0 Å². The average molecular weight is 487 g/mol. The average Bonchev–Trinajstić information content (AvgIpc) is 3.32. The van der Waals surface area contributed by atoms with Crippen LogP contribution in [-0.4, -0.2) is 30.7 Å². The van der Waals surface area contributed by atoms with Gasteiger partial charge in [0.2, 0.25) is 0 Å². The Kier molecular flexibility index (Phi) is 5.34. The smallest absolute Gasteiger partial charge is 0.176 e. The van der Waals surface area contributed by atoms with E-state index in [4.69, 9.17) is 5.10 Å². The van der Waals surface area contributed by atoms with Gasteiger partial charge in [0.1, 0.15) is 6.07 Å². The summed E-state index contributed by atoms with van der Waals surface area (Å²) < 4.78 is 2.01. The quantitative estimate of drug-likeness (QED) is 0.395. The molecule has 0 unspecified atom stereocenters. The Labute approximate surface area is 215 Å². The van der Waals surface area contributed by atoms with Crippen LogP contribution in [-0.2, 0) is 16.6 Å². The minimum Gasteiger partial charge on any atom is -0.293 e. The summed E-state index contributed by atoms with van der Waals surface area (Å²) in [6.07, 6.45) is 8.93. The third-order valence-electron chi connectivity index (χ3n) is 7.97. The van der Waals surface area contributed by atoms with E-state index < -0.39 is 5.41 Å². The summed E-state index contributed by atoms with van der Waals surface area (Å²) in [5.74, 6) is -0.197. The lowest BCUT2D eigenvalue weighted by Crippen LogP contribution is -2.46. The number of hydrogen-bond donors (Lipinski definition) is 0. The highest BCUT2D eigenvalue weighted by Crippen LogP contribution is 2.52. The van der Waals surface area contributed by atoms with Crippen molar-refractivity contribution in [1.29, 1.82) is 5.26 Å². The Morgan fingerprint density at radius 3 is 2.62 bits per heavy atom. The van der Waals surface area contributed by atoms with E-state index in [0.717, 1.165) is 57.9 Å². The van der Waals surface area contributed by atoms with Gasteiger partial charge in [0.05, 0.1) is 34.5 Å². The van der Waals surface area contributed by atoms with Gasteiger partial charge in [-0.05, 0) is 61.6 Å². The number of carbonyl (C=O) groups is 1. The van der Waals surface area contributed by atoms with E-state index >= 15 is 0 Å².